The second-order valence-corrected chi connectivity index (χ2v) is 8.50. The zero-order valence-corrected chi connectivity index (χ0v) is 15.6. The number of nitro benzene ring substituents is 1. The van der Waals surface area contributed by atoms with Crippen LogP contribution in [0.15, 0.2) is 18.2 Å². The van der Waals surface area contributed by atoms with Gasteiger partial charge in [0.25, 0.3) is 11.6 Å². The summed E-state index contributed by atoms with van der Waals surface area (Å²) in [5.74, 6) is 2.67. The Morgan fingerprint density at radius 1 is 1.15 bits per heavy atom. The van der Waals surface area contributed by atoms with Crippen LogP contribution in [-0.4, -0.2) is 22.0 Å². The molecular formula is C19H23N3O3S. The normalized spacial score (nSPS) is 31.5. The van der Waals surface area contributed by atoms with Gasteiger partial charge in [0.2, 0.25) is 0 Å². The first-order valence-electron chi connectivity index (χ1n) is 9.28. The first-order chi connectivity index (χ1) is 12.4. The average Bonchev–Trinajstić information content (AvgIpc) is 2.57. The molecule has 4 fully saturated rings. The lowest BCUT2D eigenvalue weighted by Gasteiger charge is -2.54. The molecule has 1 aromatic rings. The monoisotopic (exact) mass is 373 g/mol. The number of rotatable bonds is 3. The van der Waals surface area contributed by atoms with Crippen LogP contribution in [0.4, 0.5) is 5.69 Å². The number of nitrogens with zero attached hydrogens (tertiary/aromatic N) is 1. The number of carbonyl (C=O) groups is 1. The maximum atomic E-state index is 12.5. The van der Waals surface area contributed by atoms with E-state index in [0.29, 0.717) is 28.6 Å². The molecule has 0 radical (unpaired) electrons. The van der Waals surface area contributed by atoms with Crippen LogP contribution in [0.1, 0.15) is 48.0 Å². The zero-order chi connectivity index (χ0) is 18.4. The molecule has 6 nitrogen and oxygen atoms in total. The summed E-state index contributed by atoms with van der Waals surface area (Å²) in [6.07, 6.45) is 6.47. The van der Waals surface area contributed by atoms with Crippen LogP contribution in [-0.2, 0) is 0 Å². The molecule has 5 rings (SSSR count). The number of carbonyl (C=O) groups excluding carboxylic acids is 1. The number of hydrogen-bond acceptors (Lipinski definition) is 4. The lowest BCUT2D eigenvalue weighted by atomic mass is 9.54. The van der Waals surface area contributed by atoms with Crippen LogP contribution >= 0.6 is 12.2 Å². The van der Waals surface area contributed by atoms with Gasteiger partial charge < -0.3 is 5.32 Å². The second-order valence-electron chi connectivity index (χ2n) is 8.09. The predicted octanol–water partition coefficient (Wildman–Crippen LogP) is 3.33. The van der Waals surface area contributed by atoms with E-state index in [0.717, 1.165) is 11.8 Å². The number of nitrogens with one attached hydrogen (secondary N) is 2. The van der Waals surface area contributed by atoms with Crippen molar-refractivity contribution in [3.63, 3.8) is 0 Å². The van der Waals surface area contributed by atoms with Crippen molar-refractivity contribution in [3.8, 4) is 0 Å². The SMILES string of the molecule is Cc1c(C(=O)NC(=S)NC2C3CC4CC(C3)CC2C4)cccc1[N+](=O)[O-]. The van der Waals surface area contributed by atoms with Crippen molar-refractivity contribution in [2.24, 2.45) is 23.7 Å². The number of nitro groups is 1. The minimum atomic E-state index is -0.475. The maximum Gasteiger partial charge on any atom is 0.273 e. The molecule has 26 heavy (non-hydrogen) atoms. The molecule has 0 unspecified atom stereocenters. The third kappa shape index (κ3) is 3.09. The number of amides is 1. The molecule has 0 atom stereocenters. The van der Waals surface area contributed by atoms with E-state index in [1.807, 2.05) is 0 Å². The minimum absolute atomic E-state index is 0.0578. The lowest BCUT2D eigenvalue weighted by molar-refractivity contribution is -0.385. The van der Waals surface area contributed by atoms with Gasteiger partial charge in [0.15, 0.2) is 5.11 Å². The fraction of sp³-hybridized carbons (Fsp3) is 0.579. The number of benzene rings is 1. The van der Waals surface area contributed by atoms with Crippen molar-refractivity contribution in [2.45, 2.75) is 45.1 Å². The standard InChI is InChI=1S/C19H23N3O3S/c1-10-15(3-2-4-16(10)22(24)25)18(23)21-19(26)20-17-13-6-11-5-12(8-13)9-14(17)7-11/h2-4,11-14,17H,5-9H2,1H3,(H2,20,21,23,26). The summed E-state index contributed by atoms with van der Waals surface area (Å²) in [5.41, 5.74) is 0.582. The van der Waals surface area contributed by atoms with E-state index in [-0.39, 0.29) is 11.3 Å². The van der Waals surface area contributed by atoms with E-state index >= 15 is 0 Å². The molecule has 138 valence electrons. The van der Waals surface area contributed by atoms with Gasteiger partial charge in [-0.25, -0.2) is 0 Å². The molecule has 0 aliphatic heterocycles. The molecule has 1 amide bonds. The van der Waals surface area contributed by atoms with Crippen molar-refractivity contribution >= 4 is 28.9 Å². The van der Waals surface area contributed by atoms with Gasteiger partial charge in [-0.15, -0.1) is 0 Å². The third-order valence-corrected chi connectivity index (χ3v) is 6.72. The third-order valence-electron chi connectivity index (χ3n) is 6.50. The van der Waals surface area contributed by atoms with E-state index in [9.17, 15) is 14.9 Å². The molecule has 0 saturated heterocycles. The van der Waals surface area contributed by atoms with E-state index in [2.05, 4.69) is 10.6 Å². The summed E-state index contributed by atoms with van der Waals surface area (Å²) in [5, 5.41) is 17.5. The highest BCUT2D eigenvalue weighted by Crippen LogP contribution is 2.53. The van der Waals surface area contributed by atoms with Crippen molar-refractivity contribution in [3.05, 3.63) is 39.4 Å². The molecule has 0 heterocycles. The Morgan fingerprint density at radius 2 is 1.77 bits per heavy atom. The highest BCUT2D eigenvalue weighted by atomic mass is 32.1. The number of hydrogen-bond donors (Lipinski definition) is 2. The average molecular weight is 373 g/mol. The van der Waals surface area contributed by atoms with Crippen molar-refractivity contribution < 1.29 is 9.72 Å². The molecule has 0 spiro atoms. The summed E-state index contributed by atoms with van der Waals surface area (Å²) < 4.78 is 0. The minimum Gasteiger partial charge on any atom is -0.359 e. The fourth-order valence-corrected chi connectivity index (χ4v) is 5.81. The smallest absolute Gasteiger partial charge is 0.273 e. The summed E-state index contributed by atoms with van der Waals surface area (Å²) in [7, 11) is 0. The van der Waals surface area contributed by atoms with Crippen LogP contribution in [0.5, 0.6) is 0 Å². The molecule has 1 aromatic carbocycles. The van der Waals surface area contributed by atoms with Gasteiger partial charge in [0.05, 0.1) is 4.92 Å². The Balaban J connectivity index is 1.42. The van der Waals surface area contributed by atoms with E-state index in [1.54, 1.807) is 13.0 Å². The summed E-state index contributed by atoms with van der Waals surface area (Å²) in [4.78, 5) is 23.1. The van der Waals surface area contributed by atoms with Crippen molar-refractivity contribution in [2.75, 3.05) is 0 Å². The first-order valence-corrected chi connectivity index (χ1v) is 9.69. The van der Waals surface area contributed by atoms with Gasteiger partial charge in [-0.3, -0.25) is 20.2 Å². The van der Waals surface area contributed by atoms with E-state index in [4.69, 9.17) is 12.2 Å². The summed E-state index contributed by atoms with van der Waals surface area (Å²) >= 11 is 5.38. The lowest BCUT2D eigenvalue weighted by Crippen LogP contribution is -2.57. The van der Waals surface area contributed by atoms with Gasteiger partial charge in [0, 0.05) is 23.2 Å². The quantitative estimate of drug-likeness (QED) is 0.482. The zero-order valence-electron chi connectivity index (χ0n) is 14.7. The topological polar surface area (TPSA) is 84.3 Å². The molecule has 7 heteroatoms. The summed E-state index contributed by atoms with van der Waals surface area (Å²) in [6, 6.07) is 4.86. The van der Waals surface area contributed by atoms with Crippen molar-refractivity contribution in [1.29, 1.82) is 0 Å². The fourth-order valence-electron chi connectivity index (χ4n) is 5.59. The van der Waals surface area contributed by atoms with Gasteiger partial charge >= 0.3 is 0 Å². The molecule has 4 aliphatic carbocycles. The Morgan fingerprint density at radius 3 is 2.35 bits per heavy atom. The van der Waals surface area contributed by atoms with Crippen LogP contribution in [0, 0.1) is 40.7 Å². The van der Waals surface area contributed by atoms with Gasteiger partial charge in [0.1, 0.15) is 0 Å². The van der Waals surface area contributed by atoms with E-state index in [1.165, 1.54) is 44.2 Å². The largest absolute Gasteiger partial charge is 0.359 e. The Bertz CT molecular complexity index is 751. The second kappa shape index (κ2) is 6.61. The molecule has 0 aromatic heterocycles. The van der Waals surface area contributed by atoms with E-state index < -0.39 is 10.8 Å². The van der Waals surface area contributed by atoms with Crippen LogP contribution in [0.3, 0.4) is 0 Å². The first kappa shape index (κ1) is 17.4. The Hall–Kier alpha value is -2.02. The van der Waals surface area contributed by atoms with Crippen LogP contribution in [0.2, 0.25) is 0 Å². The molecule has 4 bridgehead atoms. The van der Waals surface area contributed by atoms with Gasteiger partial charge in [-0.2, -0.15) is 0 Å². The van der Waals surface area contributed by atoms with Crippen LogP contribution < -0.4 is 10.6 Å². The summed E-state index contributed by atoms with van der Waals surface area (Å²) in [6.45, 7) is 1.58. The Kier molecular flexibility index (Phi) is 4.42. The molecule has 4 saturated carbocycles. The molecule has 4 aliphatic rings. The van der Waals surface area contributed by atoms with Crippen molar-refractivity contribution in [1.82, 2.24) is 10.6 Å². The van der Waals surface area contributed by atoms with Gasteiger partial charge in [-0.1, -0.05) is 6.07 Å². The van der Waals surface area contributed by atoms with Crippen LogP contribution in [0.25, 0.3) is 0 Å². The predicted molar refractivity (Wildman–Crippen MR) is 102 cm³/mol. The molecule has 2 N–H and O–H groups in total. The van der Waals surface area contributed by atoms with Gasteiger partial charge in [-0.05, 0) is 81.0 Å². The highest BCUT2D eigenvalue weighted by Gasteiger charge is 2.48. The Labute approximate surface area is 157 Å². The maximum absolute atomic E-state index is 12.5. The molecular weight excluding hydrogens is 350 g/mol. The highest BCUT2D eigenvalue weighted by molar-refractivity contribution is 7.80. The number of thiocarbonyl (C=S) groups is 1.